The molecule has 2 N–H and O–H groups in total. The average Bonchev–Trinajstić information content (AvgIpc) is 2.16. The number of likely N-dealkylation sites (N-methyl/N-ethyl adjacent to an activating group) is 1. The van der Waals surface area contributed by atoms with Crippen molar-refractivity contribution in [3.8, 4) is 0 Å². The van der Waals surface area contributed by atoms with Gasteiger partial charge in [0.1, 0.15) is 0 Å². The number of hydrogen-bond donors (Lipinski definition) is 2. The lowest BCUT2D eigenvalue weighted by molar-refractivity contribution is -0.122. The summed E-state index contributed by atoms with van der Waals surface area (Å²) in [5.41, 5.74) is 0. The molecule has 0 aromatic rings. The molecule has 78 valence electrons. The summed E-state index contributed by atoms with van der Waals surface area (Å²) in [5.74, 6) is 2.40. The van der Waals surface area contributed by atoms with E-state index in [4.69, 9.17) is 0 Å². The van der Waals surface area contributed by atoms with Crippen LogP contribution in [-0.2, 0) is 4.79 Å². The van der Waals surface area contributed by atoms with E-state index in [9.17, 15) is 4.79 Å². The van der Waals surface area contributed by atoms with Crippen molar-refractivity contribution in [2.24, 2.45) is 0 Å². The second kappa shape index (κ2) is 8.38. The van der Waals surface area contributed by atoms with Gasteiger partial charge in [-0.2, -0.15) is 11.8 Å². The summed E-state index contributed by atoms with van der Waals surface area (Å²) < 4.78 is 0. The van der Waals surface area contributed by atoms with Gasteiger partial charge in [0.05, 0.1) is 6.04 Å². The van der Waals surface area contributed by atoms with Gasteiger partial charge in [-0.3, -0.25) is 4.79 Å². The Bertz CT molecular complexity index is 142. The summed E-state index contributed by atoms with van der Waals surface area (Å²) in [5, 5.41) is 5.78. The molecular formula is C9H20N2OS. The van der Waals surface area contributed by atoms with Crippen molar-refractivity contribution >= 4 is 17.7 Å². The summed E-state index contributed by atoms with van der Waals surface area (Å²) in [6.45, 7) is 4.96. The van der Waals surface area contributed by atoms with Gasteiger partial charge in [0.15, 0.2) is 0 Å². The first-order valence-corrected chi connectivity index (χ1v) is 5.90. The lowest BCUT2D eigenvalue weighted by atomic mass is 10.3. The molecule has 0 spiro atoms. The quantitative estimate of drug-likeness (QED) is 0.604. The predicted octanol–water partition coefficient (Wildman–Crippen LogP) is 0.854. The van der Waals surface area contributed by atoms with Crippen molar-refractivity contribution in [2.75, 3.05) is 25.1 Å². The molecule has 0 aliphatic heterocycles. The first kappa shape index (κ1) is 12.8. The van der Waals surface area contributed by atoms with E-state index in [1.807, 2.05) is 18.7 Å². The van der Waals surface area contributed by atoms with Gasteiger partial charge in [0.2, 0.25) is 5.91 Å². The van der Waals surface area contributed by atoms with Crippen molar-refractivity contribution in [1.29, 1.82) is 0 Å². The maximum atomic E-state index is 11.1. The Kier molecular flexibility index (Phi) is 8.24. The Hall–Kier alpha value is -0.220. The molecule has 13 heavy (non-hydrogen) atoms. The molecule has 0 aromatic heterocycles. The van der Waals surface area contributed by atoms with Crippen LogP contribution < -0.4 is 10.6 Å². The first-order chi connectivity index (χ1) is 6.22. The predicted molar refractivity (Wildman–Crippen MR) is 59.1 cm³/mol. The van der Waals surface area contributed by atoms with Crippen molar-refractivity contribution in [2.45, 2.75) is 26.3 Å². The highest BCUT2D eigenvalue weighted by molar-refractivity contribution is 7.99. The molecule has 3 nitrogen and oxygen atoms in total. The van der Waals surface area contributed by atoms with Crippen molar-refractivity contribution in [3.05, 3.63) is 0 Å². The van der Waals surface area contributed by atoms with Crippen LogP contribution in [0.2, 0.25) is 0 Å². The van der Waals surface area contributed by atoms with Crippen LogP contribution in [-0.4, -0.2) is 37.0 Å². The van der Waals surface area contributed by atoms with Crippen LogP contribution in [0.15, 0.2) is 0 Å². The highest BCUT2D eigenvalue weighted by Gasteiger charge is 2.08. The summed E-state index contributed by atoms with van der Waals surface area (Å²) in [6.07, 6.45) is 1.12. The van der Waals surface area contributed by atoms with Crippen molar-refractivity contribution in [1.82, 2.24) is 10.6 Å². The number of rotatable bonds is 7. The van der Waals surface area contributed by atoms with Gasteiger partial charge < -0.3 is 10.6 Å². The number of amides is 1. The first-order valence-electron chi connectivity index (χ1n) is 4.75. The molecule has 0 heterocycles. The van der Waals surface area contributed by atoms with Crippen molar-refractivity contribution < 1.29 is 4.79 Å². The maximum absolute atomic E-state index is 11.1. The molecule has 0 aliphatic carbocycles. The number of carbonyl (C=O) groups is 1. The standard InChI is InChI=1S/C9H20N2OS/c1-4-13-7-5-6-11-8(2)9(12)10-3/h8,11H,4-7H2,1-3H3,(H,10,12). The van der Waals surface area contributed by atoms with Gasteiger partial charge in [-0.25, -0.2) is 0 Å². The third kappa shape index (κ3) is 6.90. The minimum atomic E-state index is -0.0726. The van der Waals surface area contributed by atoms with E-state index < -0.39 is 0 Å². The van der Waals surface area contributed by atoms with Gasteiger partial charge in [-0.15, -0.1) is 0 Å². The molecule has 0 radical (unpaired) electrons. The molecule has 0 saturated carbocycles. The van der Waals surface area contributed by atoms with E-state index in [1.54, 1.807) is 7.05 Å². The zero-order valence-corrected chi connectivity index (χ0v) is 9.54. The van der Waals surface area contributed by atoms with Gasteiger partial charge in [-0.1, -0.05) is 6.92 Å². The normalized spacial score (nSPS) is 12.5. The van der Waals surface area contributed by atoms with Gasteiger partial charge in [0.25, 0.3) is 0 Å². The SMILES string of the molecule is CCSCCCNC(C)C(=O)NC. The van der Waals surface area contributed by atoms with E-state index in [0.29, 0.717) is 0 Å². The molecule has 0 rings (SSSR count). The molecule has 0 fully saturated rings. The summed E-state index contributed by atoms with van der Waals surface area (Å²) >= 11 is 1.93. The van der Waals surface area contributed by atoms with Crippen LogP contribution in [0.4, 0.5) is 0 Å². The maximum Gasteiger partial charge on any atom is 0.236 e. The van der Waals surface area contributed by atoms with E-state index in [1.165, 1.54) is 11.5 Å². The molecule has 1 amide bonds. The molecule has 4 heteroatoms. The fraction of sp³-hybridized carbons (Fsp3) is 0.889. The highest BCUT2D eigenvalue weighted by atomic mass is 32.2. The highest BCUT2D eigenvalue weighted by Crippen LogP contribution is 1.99. The van der Waals surface area contributed by atoms with Gasteiger partial charge >= 0.3 is 0 Å². The van der Waals surface area contributed by atoms with Crippen LogP contribution in [0, 0.1) is 0 Å². The molecule has 0 aromatic carbocycles. The number of carbonyl (C=O) groups excluding carboxylic acids is 1. The topological polar surface area (TPSA) is 41.1 Å². The Balaban J connectivity index is 3.26. The van der Waals surface area contributed by atoms with E-state index in [2.05, 4.69) is 17.6 Å². The molecular weight excluding hydrogens is 184 g/mol. The van der Waals surface area contributed by atoms with Crippen LogP contribution in [0.5, 0.6) is 0 Å². The number of thioether (sulfide) groups is 1. The third-order valence-corrected chi connectivity index (χ3v) is 2.75. The van der Waals surface area contributed by atoms with E-state index >= 15 is 0 Å². The monoisotopic (exact) mass is 204 g/mol. The van der Waals surface area contributed by atoms with E-state index in [-0.39, 0.29) is 11.9 Å². The van der Waals surface area contributed by atoms with Gasteiger partial charge in [0, 0.05) is 7.05 Å². The zero-order valence-electron chi connectivity index (χ0n) is 8.72. The molecule has 0 aliphatic rings. The number of hydrogen-bond acceptors (Lipinski definition) is 3. The van der Waals surface area contributed by atoms with Crippen LogP contribution in [0.3, 0.4) is 0 Å². The molecule has 0 bridgehead atoms. The Labute approximate surface area is 85.0 Å². The second-order valence-electron chi connectivity index (χ2n) is 2.84. The summed E-state index contributed by atoms with van der Waals surface area (Å²) in [4.78, 5) is 11.1. The number of nitrogens with one attached hydrogen (secondary N) is 2. The minimum absolute atomic E-state index is 0.0585. The summed E-state index contributed by atoms with van der Waals surface area (Å²) in [7, 11) is 1.66. The van der Waals surface area contributed by atoms with E-state index in [0.717, 1.165) is 13.0 Å². The zero-order chi connectivity index (χ0) is 10.1. The Morgan fingerprint density at radius 2 is 2.23 bits per heavy atom. The van der Waals surface area contributed by atoms with Crippen LogP contribution in [0.25, 0.3) is 0 Å². The molecule has 0 saturated heterocycles. The lowest BCUT2D eigenvalue weighted by Crippen LogP contribution is -2.41. The van der Waals surface area contributed by atoms with Crippen LogP contribution in [0.1, 0.15) is 20.3 Å². The average molecular weight is 204 g/mol. The van der Waals surface area contributed by atoms with Crippen molar-refractivity contribution in [3.63, 3.8) is 0 Å². The fourth-order valence-electron chi connectivity index (χ4n) is 0.946. The smallest absolute Gasteiger partial charge is 0.236 e. The minimum Gasteiger partial charge on any atom is -0.358 e. The fourth-order valence-corrected chi connectivity index (χ4v) is 1.58. The molecule has 1 unspecified atom stereocenters. The van der Waals surface area contributed by atoms with Crippen LogP contribution >= 0.6 is 11.8 Å². The Morgan fingerprint density at radius 3 is 2.77 bits per heavy atom. The third-order valence-electron chi connectivity index (χ3n) is 1.76. The second-order valence-corrected chi connectivity index (χ2v) is 4.23. The molecule has 1 atom stereocenters. The largest absolute Gasteiger partial charge is 0.358 e. The Morgan fingerprint density at radius 1 is 1.54 bits per heavy atom. The van der Waals surface area contributed by atoms with Gasteiger partial charge in [-0.05, 0) is 31.4 Å². The lowest BCUT2D eigenvalue weighted by Gasteiger charge is -2.11. The summed E-state index contributed by atoms with van der Waals surface area (Å²) in [6, 6.07) is -0.0726.